The zero-order valence-electron chi connectivity index (χ0n) is 10.4. The molecule has 2 heterocycles. The first-order valence-electron chi connectivity index (χ1n) is 5.68. The van der Waals surface area contributed by atoms with Crippen LogP contribution in [0.5, 0.6) is 0 Å². The van der Waals surface area contributed by atoms with Crippen LogP contribution in [0.3, 0.4) is 0 Å². The molecular formula is C11H9ClN6OS. The molecule has 0 saturated heterocycles. The van der Waals surface area contributed by atoms with E-state index < -0.39 is 0 Å². The van der Waals surface area contributed by atoms with Crippen LogP contribution >= 0.6 is 23.4 Å². The van der Waals surface area contributed by atoms with Crippen LogP contribution in [0.2, 0.25) is 5.02 Å². The lowest BCUT2D eigenvalue weighted by Gasteiger charge is -2.02. The van der Waals surface area contributed by atoms with E-state index in [2.05, 4.69) is 25.7 Å². The third-order valence-electron chi connectivity index (χ3n) is 2.40. The standard InChI is InChI=1S/C11H9ClN6OS/c1-7-13-14-10(19-7)6-20-11-15-16-17-18(11)9-4-2-8(12)3-5-9/h2-5H,6H2,1H3. The third kappa shape index (κ3) is 2.81. The molecule has 0 bridgehead atoms. The zero-order chi connectivity index (χ0) is 13.9. The van der Waals surface area contributed by atoms with Crippen molar-refractivity contribution in [3.63, 3.8) is 0 Å². The lowest BCUT2D eigenvalue weighted by atomic mass is 10.3. The van der Waals surface area contributed by atoms with Gasteiger partial charge in [-0.1, -0.05) is 23.4 Å². The fourth-order valence-corrected chi connectivity index (χ4v) is 2.39. The highest BCUT2D eigenvalue weighted by Gasteiger charge is 2.11. The largest absolute Gasteiger partial charge is 0.425 e. The molecule has 1 aromatic carbocycles. The molecule has 0 aliphatic heterocycles. The molecule has 0 N–H and O–H groups in total. The summed E-state index contributed by atoms with van der Waals surface area (Å²) in [6.45, 7) is 1.75. The number of nitrogens with zero attached hydrogens (tertiary/aromatic N) is 6. The normalized spacial score (nSPS) is 10.9. The Morgan fingerprint density at radius 3 is 2.70 bits per heavy atom. The molecule has 0 saturated carbocycles. The van der Waals surface area contributed by atoms with E-state index in [1.807, 2.05) is 12.1 Å². The number of hydrogen-bond acceptors (Lipinski definition) is 7. The van der Waals surface area contributed by atoms with E-state index in [0.717, 1.165) is 5.69 Å². The second-order valence-electron chi connectivity index (χ2n) is 3.85. The van der Waals surface area contributed by atoms with Gasteiger partial charge in [-0.15, -0.1) is 15.3 Å². The van der Waals surface area contributed by atoms with Crippen molar-refractivity contribution >= 4 is 23.4 Å². The van der Waals surface area contributed by atoms with Crippen molar-refractivity contribution in [3.05, 3.63) is 41.1 Å². The molecule has 0 aliphatic rings. The van der Waals surface area contributed by atoms with Crippen LogP contribution < -0.4 is 0 Å². The second-order valence-corrected chi connectivity index (χ2v) is 5.23. The lowest BCUT2D eigenvalue weighted by Crippen LogP contribution is -1.98. The second kappa shape index (κ2) is 5.59. The van der Waals surface area contributed by atoms with E-state index in [9.17, 15) is 0 Å². The molecule has 0 atom stereocenters. The maximum atomic E-state index is 5.86. The van der Waals surface area contributed by atoms with Crippen LogP contribution in [-0.4, -0.2) is 30.4 Å². The SMILES string of the molecule is Cc1nnc(CSc2nnnn2-c2ccc(Cl)cc2)o1. The van der Waals surface area contributed by atoms with Gasteiger partial charge in [-0.3, -0.25) is 0 Å². The van der Waals surface area contributed by atoms with Crippen LogP contribution in [0.4, 0.5) is 0 Å². The van der Waals surface area contributed by atoms with Crippen LogP contribution in [0.25, 0.3) is 5.69 Å². The van der Waals surface area contributed by atoms with Crippen molar-refractivity contribution in [1.29, 1.82) is 0 Å². The molecule has 7 nitrogen and oxygen atoms in total. The van der Waals surface area contributed by atoms with E-state index in [-0.39, 0.29) is 0 Å². The average molecular weight is 309 g/mol. The number of halogens is 1. The first-order valence-corrected chi connectivity index (χ1v) is 7.05. The monoisotopic (exact) mass is 308 g/mol. The number of benzene rings is 1. The van der Waals surface area contributed by atoms with Gasteiger partial charge in [0.1, 0.15) is 0 Å². The van der Waals surface area contributed by atoms with Crippen molar-refractivity contribution in [1.82, 2.24) is 30.4 Å². The Hall–Kier alpha value is -1.93. The Balaban J connectivity index is 1.78. The van der Waals surface area contributed by atoms with E-state index in [4.69, 9.17) is 16.0 Å². The molecular weight excluding hydrogens is 300 g/mol. The summed E-state index contributed by atoms with van der Waals surface area (Å²) in [6, 6.07) is 7.27. The number of aryl methyl sites for hydroxylation is 1. The Bertz CT molecular complexity index is 710. The Morgan fingerprint density at radius 2 is 2.00 bits per heavy atom. The van der Waals surface area contributed by atoms with Crippen LogP contribution in [0.15, 0.2) is 33.8 Å². The molecule has 0 fully saturated rings. The predicted molar refractivity (Wildman–Crippen MR) is 72.8 cm³/mol. The molecule has 0 unspecified atom stereocenters. The minimum absolute atomic E-state index is 0.509. The van der Waals surface area contributed by atoms with Gasteiger partial charge in [-0.05, 0) is 34.7 Å². The Morgan fingerprint density at radius 1 is 1.20 bits per heavy atom. The van der Waals surface area contributed by atoms with Gasteiger partial charge in [-0.2, -0.15) is 4.68 Å². The minimum atomic E-state index is 0.509. The highest BCUT2D eigenvalue weighted by molar-refractivity contribution is 7.98. The predicted octanol–water partition coefficient (Wildman–Crippen LogP) is 2.30. The van der Waals surface area contributed by atoms with Gasteiger partial charge >= 0.3 is 0 Å². The molecule has 0 spiro atoms. The molecule has 102 valence electrons. The minimum Gasteiger partial charge on any atom is -0.425 e. The summed E-state index contributed by atoms with van der Waals surface area (Å²) in [4.78, 5) is 0. The number of rotatable bonds is 4. The molecule has 9 heteroatoms. The summed E-state index contributed by atoms with van der Waals surface area (Å²) >= 11 is 7.28. The summed E-state index contributed by atoms with van der Waals surface area (Å²) in [5.74, 6) is 1.59. The molecule has 2 aromatic heterocycles. The van der Waals surface area contributed by atoms with Crippen molar-refractivity contribution in [2.24, 2.45) is 0 Å². The zero-order valence-corrected chi connectivity index (χ0v) is 12.0. The van der Waals surface area contributed by atoms with E-state index >= 15 is 0 Å². The Kier molecular flexibility index (Phi) is 3.66. The molecule has 0 radical (unpaired) electrons. The average Bonchev–Trinajstić information content (AvgIpc) is 3.06. The van der Waals surface area contributed by atoms with Crippen LogP contribution in [0, 0.1) is 6.92 Å². The highest BCUT2D eigenvalue weighted by atomic mass is 35.5. The first kappa shape index (κ1) is 13.1. The number of tetrazole rings is 1. The topological polar surface area (TPSA) is 82.5 Å². The smallest absolute Gasteiger partial charge is 0.226 e. The fourth-order valence-electron chi connectivity index (χ4n) is 1.54. The fraction of sp³-hybridized carbons (Fsp3) is 0.182. The van der Waals surface area contributed by atoms with E-state index in [0.29, 0.717) is 27.7 Å². The summed E-state index contributed by atoms with van der Waals surface area (Å²) < 4.78 is 6.93. The van der Waals surface area contributed by atoms with Gasteiger partial charge < -0.3 is 4.42 Å². The summed E-state index contributed by atoms with van der Waals surface area (Å²) in [7, 11) is 0. The van der Waals surface area contributed by atoms with Crippen LogP contribution in [-0.2, 0) is 5.75 Å². The lowest BCUT2D eigenvalue weighted by molar-refractivity contribution is 0.485. The van der Waals surface area contributed by atoms with Crippen LogP contribution in [0.1, 0.15) is 11.8 Å². The molecule has 0 aliphatic carbocycles. The highest BCUT2D eigenvalue weighted by Crippen LogP contribution is 2.22. The first-order chi connectivity index (χ1) is 9.72. The maximum absolute atomic E-state index is 5.86. The van der Waals surface area contributed by atoms with Gasteiger partial charge in [0.2, 0.25) is 16.9 Å². The summed E-state index contributed by atoms with van der Waals surface area (Å²) in [5.41, 5.74) is 0.837. The van der Waals surface area contributed by atoms with Gasteiger partial charge in [0, 0.05) is 11.9 Å². The van der Waals surface area contributed by atoms with Crippen molar-refractivity contribution in [3.8, 4) is 5.69 Å². The quantitative estimate of drug-likeness (QED) is 0.684. The number of thioether (sulfide) groups is 1. The molecule has 0 amide bonds. The third-order valence-corrected chi connectivity index (χ3v) is 3.56. The van der Waals surface area contributed by atoms with E-state index in [1.54, 1.807) is 23.7 Å². The van der Waals surface area contributed by atoms with Crippen molar-refractivity contribution < 1.29 is 4.42 Å². The number of hydrogen-bond donors (Lipinski definition) is 0. The van der Waals surface area contributed by atoms with Gasteiger partial charge in [-0.25, -0.2) is 0 Å². The summed E-state index contributed by atoms with van der Waals surface area (Å²) in [5, 5.41) is 20.6. The summed E-state index contributed by atoms with van der Waals surface area (Å²) in [6.07, 6.45) is 0. The number of aromatic nitrogens is 6. The van der Waals surface area contributed by atoms with Crippen molar-refractivity contribution in [2.75, 3.05) is 0 Å². The van der Waals surface area contributed by atoms with Gasteiger partial charge in [0.05, 0.1) is 11.4 Å². The Labute approximate surface area is 123 Å². The van der Waals surface area contributed by atoms with E-state index in [1.165, 1.54) is 11.8 Å². The van der Waals surface area contributed by atoms with Crippen molar-refractivity contribution in [2.45, 2.75) is 17.8 Å². The van der Waals surface area contributed by atoms with Gasteiger partial charge in [0.25, 0.3) is 0 Å². The molecule has 3 aromatic rings. The maximum Gasteiger partial charge on any atom is 0.226 e. The molecule has 3 rings (SSSR count). The molecule has 20 heavy (non-hydrogen) atoms. The van der Waals surface area contributed by atoms with Gasteiger partial charge in [0.15, 0.2) is 0 Å².